The predicted octanol–water partition coefficient (Wildman–Crippen LogP) is 0.376. The number of ether oxygens (including phenoxy) is 1. The van der Waals surface area contributed by atoms with E-state index in [9.17, 15) is 9.90 Å². The molecule has 1 fully saturated rings. The van der Waals surface area contributed by atoms with Crippen molar-refractivity contribution in [3.8, 4) is 0 Å². The summed E-state index contributed by atoms with van der Waals surface area (Å²) in [6, 6.07) is 0. The van der Waals surface area contributed by atoms with Crippen LogP contribution in [0.5, 0.6) is 0 Å². The molecule has 5 heteroatoms. The van der Waals surface area contributed by atoms with Gasteiger partial charge in [0.1, 0.15) is 0 Å². The van der Waals surface area contributed by atoms with Crippen molar-refractivity contribution in [2.45, 2.75) is 38.2 Å². The number of methoxy groups -OCH3 is 1. The van der Waals surface area contributed by atoms with Gasteiger partial charge in [0.2, 0.25) is 5.91 Å². The smallest absolute Gasteiger partial charge is 0.221 e. The van der Waals surface area contributed by atoms with E-state index in [-0.39, 0.29) is 12.5 Å². The molecule has 1 heterocycles. The Bertz CT molecular complexity index is 251. The molecule has 1 amide bonds. The van der Waals surface area contributed by atoms with Crippen molar-refractivity contribution in [1.82, 2.24) is 10.2 Å². The van der Waals surface area contributed by atoms with E-state index in [2.05, 4.69) is 10.2 Å². The third-order valence-corrected chi connectivity index (χ3v) is 3.36. The number of carbonyl (C=O) groups excluding carboxylic acids is 1. The number of carbonyl (C=O) groups is 1. The number of likely N-dealkylation sites (tertiary alicyclic amines) is 1. The predicted molar refractivity (Wildman–Crippen MR) is 70.4 cm³/mol. The second-order valence-electron chi connectivity index (χ2n) is 5.32. The molecular formula is C13H26N2O3. The molecule has 1 rings (SSSR count). The molecule has 0 bridgehead atoms. The van der Waals surface area contributed by atoms with E-state index in [4.69, 9.17) is 4.74 Å². The Hall–Kier alpha value is -0.650. The Balaban J connectivity index is 2.11. The summed E-state index contributed by atoms with van der Waals surface area (Å²) in [5.74, 6) is 0.0135. The van der Waals surface area contributed by atoms with Crippen LogP contribution in [0.1, 0.15) is 32.6 Å². The van der Waals surface area contributed by atoms with Crippen LogP contribution in [0.3, 0.4) is 0 Å². The van der Waals surface area contributed by atoms with Gasteiger partial charge in [0.05, 0.1) is 5.60 Å². The van der Waals surface area contributed by atoms with Crippen molar-refractivity contribution in [1.29, 1.82) is 0 Å². The number of amides is 1. The maximum absolute atomic E-state index is 11.6. The van der Waals surface area contributed by atoms with Crippen LogP contribution in [0.2, 0.25) is 0 Å². The van der Waals surface area contributed by atoms with Gasteiger partial charge in [-0.15, -0.1) is 0 Å². The van der Waals surface area contributed by atoms with E-state index in [1.807, 2.05) is 0 Å². The average molecular weight is 258 g/mol. The quantitative estimate of drug-likeness (QED) is 0.660. The van der Waals surface area contributed by atoms with Crippen LogP contribution in [0.25, 0.3) is 0 Å². The highest BCUT2D eigenvalue weighted by atomic mass is 16.5. The van der Waals surface area contributed by atoms with E-state index in [1.165, 1.54) is 12.8 Å². The van der Waals surface area contributed by atoms with Crippen molar-refractivity contribution in [3.63, 3.8) is 0 Å². The molecule has 1 aliphatic heterocycles. The number of nitrogens with zero attached hydrogens (tertiary/aromatic N) is 1. The Labute approximate surface area is 109 Å². The molecule has 1 atom stereocenters. The third-order valence-electron chi connectivity index (χ3n) is 3.36. The lowest BCUT2D eigenvalue weighted by molar-refractivity contribution is -0.122. The van der Waals surface area contributed by atoms with E-state index in [1.54, 1.807) is 14.0 Å². The zero-order valence-corrected chi connectivity index (χ0v) is 11.6. The molecule has 1 unspecified atom stereocenters. The molecule has 1 saturated heterocycles. The molecule has 0 aromatic carbocycles. The van der Waals surface area contributed by atoms with Gasteiger partial charge in [0, 0.05) is 39.6 Å². The van der Waals surface area contributed by atoms with Crippen molar-refractivity contribution in [2.75, 3.05) is 39.9 Å². The topological polar surface area (TPSA) is 61.8 Å². The summed E-state index contributed by atoms with van der Waals surface area (Å²) in [6.45, 7) is 5.54. The number of hydrogen-bond acceptors (Lipinski definition) is 4. The molecule has 5 nitrogen and oxygen atoms in total. The number of hydrogen-bond donors (Lipinski definition) is 2. The van der Waals surface area contributed by atoms with Crippen molar-refractivity contribution in [2.24, 2.45) is 0 Å². The fraction of sp³-hybridized carbons (Fsp3) is 0.923. The molecule has 0 radical (unpaired) electrons. The lowest BCUT2D eigenvalue weighted by Crippen LogP contribution is -2.42. The van der Waals surface area contributed by atoms with Gasteiger partial charge in [-0.3, -0.25) is 4.79 Å². The van der Waals surface area contributed by atoms with Crippen LogP contribution in [0.15, 0.2) is 0 Å². The molecule has 0 saturated carbocycles. The first-order chi connectivity index (χ1) is 8.53. The average Bonchev–Trinajstić information content (AvgIpc) is 2.84. The molecule has 106 valence electrons. The second kappa shape index (κ2) is 7.71. The van der Waals surface area contributed by atoms with Crippen LogP contribution >= 0.6 is 0 Å². The normalized spacial score (nSPS) is 19.7. The molecule has 1 aliphatic rings. The van der Waals surface area contributed by atoms with Gasteiger partial charge in [0.25, 0.3) is 0 Å². The first-order valence-electron chi connectivity index (χ1n) is 6.74. The molecule has 0 aliphatic carbocycles. The first kappa shape index (κ1) is 15.4. The summed E-state index contributed by atoms with van der Waals surface area (Å²) in [7, 11) is 1.60. The van der Waals surface area contributed by atoms with Crippen molar-refractivity contribution < 1.29 is 14.6 Å². The fourth-order valence-corrected chi connectivity index (χ4v) is 2.05. The second-order valence-corrected chi connectivity index (χ2v) is 5.32. The van der Waals surface area contributed by atoms with Crippen molar-refractivity contribution >= 4 is 5.91 Å². The van der Waals surface area contributed by atoms with E-state index in [0.29, 0.717) is 19.4 Å². The summed E-state index contributed by atoms with van der Waals surface area (Å²) < 4.78 is 4.92. The van der Waals surface area contributed by atoms with E-state index < -0.39 is 5.60 Å². The van der Waals surface area contributed by atoms with Gasteiger partial charge in [0.15, 0.2) is 0 Å². The molecule has 2 N–H and O–H groups in total. The van der Waals surface area contributed by atoms with Crippen LogP contribution in [-0.4, -0.2) is 61.4 Å². The van der Waals surface area contributed by atoms with Crippen molar-refractivity contribution in [3.05, 3.63) is 0 Å². The highest BCUT2D eigenvalue weighted by Gasteiger charge is 2.21. The molecular weight excluding hydrogens is 232 g/mol. The Morgan fingerprint density at radius 3 is 2.72 bits per heavy atom. The third kappa shape index (κ3) is 6.33. The lowest BCUT2D eigenvalue weighted by Gasteiger charge is -2.23. The zero-order valence-electron chi connectivity index (χ0n) is 11.6. The largest absolute Gasteiger partial charge is 0.388 e. The minimum absolute atomic E-state index is 0.0135. The molecule has 18 heavy (non-hydrogen) atoms. The van der Waals surface area contributed by atoms with E-state index >= 15 is 0 Å². The van der Waals surface area contributed by atoms with Gasteiger partial charge in [-0.1, -0.05) is 0 Å². The van der Waals surface area contributed by atoms with Gasteiger partial charge < -0.3 is 20.1 Å². The fourth-order valence-electron chi connectivity index (χ4n) is 2.05. The van der Waals surface area contributed by atoms with Crippen LogP contribution in [0, 0.1) is 0 Å². The monoisotopic (exact) mass is 258 g/mol. The lowest BCUT2D eigenvalue weighted by atomic mass is 10.0. The van der Waals surface area contributed by atoms with Gasteiger partial charge in [-0.25, -0.2) is 0 Å². The Kier molecular flexibility index (Phi) is 6.60. The number of aliphatic hydroxyl groups is 1. The summed E-state index contributed by atoms with van der Waals surface area (Å²) in [6.07, 6.45) is 3.52. The van der Waals surface area contributed by atoms with Gasteiger partial charge in [-0.2, -0.15) is 0 Å². The Morgan fingerprint density at radius 2 is 2.11 bits per heavy atom. The maximum Gasteiger partial charge on any atom is 0.221 e. The first-order valence-corrected chi connectivity index (χ1v) is 6.74. The van der Waals surface area contributed by atoms with Gasteiger partial charge in [-0.05, 0) is 32.9 Å². The minimum atomic E-state index is -0.890. The SMILES string of the molecule is COCCC(C)(O)CNC(=O)CCN1CCCC1. The molecule has 0 aromatic heterocycles. The Morgan fingerprint density at radius 1 is 1.44 bits per heavy atom. The zero-order chi connectivity index (χ0) is 13.4. The molecule has 0 spiro atoms. The standard InChI is InChI=1S/C13H26N2O3/c1-13(17,6-10-18-2)11-14-12(16)5-9-15-7-3-4-8-15/h17H,3-11H2,1-2H3,(H,14,16). The highest BCUT2D eigenvalue weighted by Crippen LogP contribution is 2.09. The van der Waals surface area contributed by atoms with Crippen LogP contribution in [-0.2, 0) is 9.53 Å². The summed E-state index contributed by atoms with van der Waals surface area (Å²) in [5, 5.41) is 12.8. The summed E-state index contributed by atoms with van der Waals surface area (Å²) >= 11 is 0. The van der Waals surface area contributed by atoms with E-state index in [0.717, 1.165) is 19.6 Å². The summed E-state index contributed by atoms with van der Waals surface area (Å²) in [4.78, 5) is 13.9. The highest BCUT2D eigenvalue weighted by molar-refractivity contribution is 5.76. The van der Waals surface area contributed by atoms with Crippen LogP contribution in [0.4, 0.5) is 0 Å². The maximum atomic E-state index is 11.6. The number of rotatable bonds is 8. The van der Waals surface area contributed by atoms with Gasteiger partial charge >= 0.3 is 0 Å². The molecule has 0 aromatic rings. The summed E-state index contributed by atoms with van der Waals surface area (Å²) in [5.41, 5.74) is -0.890. The minimum Gasteiger partial charge on any atom is -0.388 e. The number of nitrogens with one attached hydrogen (secondary N) is 1. The van der Waals surface area contributed by atoms with Crippen LogP contribution < -0.4 is 5.32 Å².